The van der Waals surface area contributed by atoms with E-state index in [-0.39, 0.29) is 17.5 Å². The van der Waals surface area contributed by atoms with Crippen LogP contribution in [-0.4, -0.2) is 58.1 Å². The van der Waals surface area contributed by atoms with Crippen LogP contribution in [-0.2, 0) is 10.2 Å². The van der Waals surface area contributed by atoms with Crippen molar-refractivity contribution in [2.45, 2.75) is 0 Å². The maximum absolute atomic E-state index is 14.5. The Labute approximate surface area is 197 Å². The molecule has 0 saturated heterocycles. The van der Waals surface area contributed by atoms with E-state index in [4.69, 9.17) is 14.2 Å². The minimum atomic E-state index is -3.77. The van der Waals surface area contributed by atoms with Gasteiger partial charge < -0.3 is 24.8 Å². The van der Waals surface area contributed by atoms with Gasteiger partial charge in [0, 0.05) is 31.9 Å². The van der Waals surface area contributed by atoms with E-state index in [2.05, 4.69) is 25.3 Å². The third-order valence-electron chi connectivity index (χ3n) is 4.56. The number of nitrogens with zero attached hydrogens (tertiary/aromatic N) is 3. The Kier molecular flexibility index (Phi) is 7.58. The number of nitrogens with one attached hydrogen (secondary N) is 3. The van der Waals surface area contributed by atoms with Crippen molar-refractivity contribution in [1.29, 1.82) is 0 Å². The van der Waals surface area contributed by atoms with E-state index >= 15 is 0 Å². The number of anilines is 5. The molecule has 0 fully saturated rings. The van der Waals surface area contributed by atoms with Gasteiger partial charge in [-0.15, -0.1) is 0 Å². The fourth-order valence-corrected chi connectivity index (χ4v) is 3.47. The van der Waals surface area contributed by atoms with Crippen LogP contribution in [0.4, 0.5) is 33.2 Å². The van der Waals surface area contributed by atoms with Crippen LogP contribution in [0.3, 0.4) is 0 Å². The Morgan fingerprint density at radius 2 is 1.56 bits per heavy atom. The summed E-state index contributed by atoms with van der Waals surface area (Å²) in [6.45, 7) is 0. The first-order chi connectivity index (χ1) is 16.2. The molecule has 0 saturated carbocycles. The summed E-state index contributed by atoms with van der Waals surface area (Å²) >= 11 is 0. The number of aromatic nitrogens is 2. The first-order valence-corrected chi connectivity index (χ1v) is 11.3. The van der Waals surface area contributed by atoms with Gasteiger partial charge >= 0.3 is 10.2 Å². The smallest absolute Gasteiger partial charge is 0.301 e. The van der Waals surface area contributed by atoms with E-state index in [0.717, 1.165) is 10.5 Å². The van der Waals surface area contributed by atoms with Crippen molar-refractivity contribution >= 4 is 39.0 Å². The minimum Gasteiger partial charge on any atom is -0.493 e. The van der Waals surface area contributed by atoms with Gasteiger partial charge in [0.25, 0.3) is 0 Å². The second kappa shape index (κ2) is 10.4. The van der Waals surface area contributed by atoms with Crippen LogP contribution < -0.4 is 29.6 Å². The molecule has 3 rings (SSSR count). The van der Waals surface area contributed by atoms with E-state index in [1.54, 1.807) is 30.3 Å². The molecule has 1 aromatic heterocycles. The number of rotatable bonds is 10. The summed E-state index contributed by atoms with van der Waals surface area (Å²) in [5.74, 6) is 0.403. The molecular formula is C21H25FN6O5S. The Morgan fingerprint density at radius 1 is 0.941 bits per heavy atom. The Hall–Kier alpha value is -3.84. The average molecular weight is 493 g/mol. The molecule has 0 spiro atoms. The van der Waals surface area contributed by atoms with Gasteiger partial charge in [0.1, 0.15) is 0 Å². The van der Waals surface area contributed by atoms with E-state index in [1.165, 1.54) is 41.5 Å². The van der Waals surface area contributed by atoms with Gasteiger partial charge in [0.15, 0.2) is 23.1 Å². The highest BCUT2D eigenvalue weighted by Gasteiger charge is 2.17. The summed E-state index contributed by atoms with van der Waals surface area (Å²) in [7, 11) is 3.47. The molecule has 0 radical (unpaired) electrons. The van der Waals surface area contributed by atoms with Gasteiger partial charge in [-0.05, 0) is 12.1 Å². The fraction of sp³-hybridized carbons (Fsp3) is 0.238. The van der Waals surface area contributed by atoms with Crippen molar-refractivity contribution in [1.82, 2.24) is 14.3 Å². The van der Waals surface area contributed by atoms with E-state index in [1.807, 2.05) is 0 Å². The summed E-state index contributed by atoms with van der Waals surface area (Å²) in [6.07, 6.45) is 0.988. The van der Waals surface area contributed by atoms with Gasteiger partial charge in [-0.3, -0.25) is 4.72 Å². The monoisotopic (exact) mass is 492 g/mol. The van der Waals surface area contributed by atoms with Crippen LogP contribution in [0.25, 0.3) is 0 Å². The highest BCUT2D eigenvalue weighted by molar-refractivity contribution is 7.90. The normalized spacial score (nSPS) is 11.1. The molecule has 0 aliphatic rings. The molecule has 2 aromatic carbocycles. The number of para-hydroxylation sites is 2. The summed E-state index contributed by atoms with van der Waals surface area (Å²) in [4.78, 5) is 8.15. The molecule has 0 unspecified atom stereocenters. The minimum absolute atomic E-state index is 0.0736. The molecule has 3 aromatic rings. The Morgan fingerprint density at radius 3 is 2.12 bits per heavy atom. The Balaban J connectivity index is 1.91. The van der Waals surface area contributed by atoms with Crippen molar-refractivity contribution in [3.8, 4) is 17.2 Å². The summed E-state index contributed by atoms with van der Waals surface area (Å²) in [5.41, 5.74) is 1.02. The zero-order valence-corrected chi connectivity index (χ0v) is 20.0. The predicted molar refractivity (Wildman–Crippen MR) is 127 cm³/mol. The molecule has 3 N–H and O–H groups in total. The number of benzene rings is 2. The third-order valence-corrected chi connectivity index (χ3v) is 6.00. The molecule has 0 aliphatic carbocycles. The fourth-order valence-electron chi connectivity index (χ4n) is 2.84. The highest BCUT2D eigenvalue weighted by atomic mass is 32.2. The SMILES string of the molecule is COc1cc(Nc2ncc(F)c(Nc3ccccc3NS(=O)(=O)N(C)C)n2)cc(OC)c1OC. The summed E-state index contributed by atoms with van der Waals surface area (Å²) in [6, 6.07) is 9.73. The highest BCUT2D eigenvalue weighted by Crippen LogP contribution is 2.40. The maximum Gasteiger partial charge on any atom is 0.301 e. The van der Waals surface area contributed by atoms with Crippen LogP contribution in [0.2, 0.25) is 0 Å². The van der Waals surface area contributed by atoms with Crippen molar-refractivity contribution < 1.29 is 27.0 Å². The van der Waals surface area contributed by atoms with Gasteiger partial charge in [0.2, 0.25) is 11.7 Å². The first-order valence-electron chi connectivity index (χ1n) is 9.84. The molecule has 0 atom stereocenters. The van der Waals surface area contributed by atoms with Gasteiger partial charge in [-0.2, -0.15) is 17.7 Å². The van der Waals surface area contributed by atoms with Crippen LogP contribution >= 0.6 is 0 Å². The maximum atomic E-state index is 14.5. The largest absolute Gasteiger partial charge is 0.493 e. The summed E-state index contributed by atoms with van der Waals surface area (Å²) < 4.78 is 58.4. The predicted octanol–water partition coefficient (Wildman–Crippen LogP) is 3.35. The van der Waals surface area contributed by atoms with Crippen LogP contribution in [0.5, 0.6) is 17.2 Å². The molecule has 11 nitrogen and oxygen atoms in total. The molecule has 1 heterocycles. The molecule has 34 heavy (non-hydrogen) atoms. The lowest BCUT2D eigenvalue weighted by molar-refractivity contribution is 0.324. The number of methoxy groups -OCH3 is 3. The lowest BCUT2D eigenvalue weighted by Gasteiger charge is -2.17. The summed E-state index contributed by atoms with van der Waals surface area (Å²) in [5, 5.41) is 5.77. The molecule has 0 bridgehead atoms. The topological polar surface area (TPSA) is 127 Å². The van der Waals surface area contributed by atoms with Gasteiger partial charge in [-0.25, -0.2) is 9.37 Å². The van der Waals surface area contributed by atoms with Crippen LogP contribution in [0.1, 0.15) is 0 Å². The quantitative estimate of drug-likeness (QED) is 0.390. The zero-order chi connectivity index (χ0) is 24.9. The number of ether oxygens (including phenoxy) is 3. The number of halogens is 1. The van der Waals surface area contributed by atoms with Crippen molar-refractivity contribution in [3.05, 3.63) is 48.4 Å². The molecule has 0 amide bonds. The zero-order valence-electron chi connectivity index (χ0n) is 19.2. The molecule has 182 valence electrons. The van der Waals surface area contributed by atoms with E-state index in [0.29, 0.717) is 28.6 Å². The van der Waals surface area contributed by atoms with Crippen molar-refractivity contribution in [3.63, 3.8) is 0 Å². The van der Waals surface area contributed by atoms with Crippen molar-refractivity contribution in [2.75, 3.05) is 50.8 Å². The third kappa shape index (κ3) is 5.55. The second-order valence-corrected chi connectivity index (χ2v) is 8.87. The lowest BCUT2D eigenvalue weighted by atomic mass is 10.2. The Bertz CT molecular complexity index is 1250. The van der Waals surface area contributed by atoms with Gasteiger partial charge in [-0.1, -0.05) is 12.1 Å². The lowest BCUT2D eigenvalue weighted by Crippen LogP contribution is -2.29. The van der Waals surface area contributed by atoms with E-state index in [9.17, 15) is 12.8 Å². The van der Waals surface area contributed by atoms with Crippen molar-refractivity contribution in [2.24, 2.45) is 0 Å². The second-order valence-electron chi connectivity index (χ2n) is 6.99. The molecular weight excluding hydrogens is 467 g/mol. The van der Waals surface area contributed by atoms with E-state index < -0.39 is 16.0 Å². The molecule has 0 aliphatic heterocycles. The first kappa shape index (κ1) is 24.8. The van der Waals surface area contributed by atoms with Crippen LogP contribution in [0.15, 0.2) is 42.6 Å². The number of hydrogen-bond acceptors (Lipinski definition) is 9. The standard InChI is InChI=1S/C21H25FN6O5S/c1-28(2)34(29,30)27-16-9-7-6-8-15(16)25-20-14(22)12-23-21(26-20)24-13-10-17(31-3)19(33-5)18(11-13)32-4/h6-12,27H,1-5H3,(H2,23,24,25,26). The van der Waals surface area contributed by atoms with Gasteiger partial charge in [0.05, 0.1) is 38.9 Å². The van der Waals surface area contributed by atoms with Crippen LogP contribution in [0, 0.1) is 5.82 Å². The average Bonchev–Trinajstić information content (AvgIpc) is 2.81. The molecule has 13 heteroatoms. The number of hydrogen-bond donors (Lipinski definition) is 3.